The smallest absolute Gasteiger partial charge is 0.272 e. The number of aromatic amines is 1. The number of nitrogens with zero attached hydrogens (tertiary/aromatic N) is 2. The van der Waals surface area contributed by atoms with E-state index in [0.717, 1.165) is 15.6 Å². The number of aromatic nitrogens is 3. The fourth-order valence-corrected chi connectivity index (χ4v) is 2.79. The summed E-state index contributed by atoms with van der Waals surface area (Å²) in [5, 5.41) is 9.43. The number of aryl methyl sites for hydroxylation is 1. The predicted octanol–water partition coefficient (Wildman–Crippen LogP) is 1.72. The number of hydrogen-bond donors (Lipinski definition) is 2. The minimum absolute atomic E-state index is 0.160. The molecule has 22 heavy (non-hydrogen) atoms. The minimum Gasteiger partial charge on any atom is -0.462 e. The van der Waals surface area contributed by atoms with Crippen LogP contribution in [0.5, 0.6) is 0 Å². The van der Waals surface area contributed by atoms with Gasteiger partial charge in [-0.2, -0.15) is 5.10 Å². The first-order chi connectivity index (χ1) is 10.6. The first-order valence-electron chi connectivity index (χ1n) is 6.47. The number of amides is 1. The third-order valence-corrected chi connectivity index (χ3v) is 4.12. The summed E-state index contributed by atoms with van der Waals surface area (Å²) < 4.78 is 5.31. The molecule has 3 aromatic rings. The summed E-state index contributed by atoms with van der Waals surface area (Å²) in [6, 6.07) is 6.27. The molecule has 3 rings (SSSR count). The first-order valence-corrected chi connectivity index (χ1v) is 7.29. The van der Waals surface area contributed by atoms with Gasteiger partial charge in [-0.3, -0.25) is 9.59 Å². The number of nitrogens with one attached hydrogen (secondary N) is 2. The molecular formula is C14H12N4O3S. The summed E-state index contributed by atoms with van der Waals surface area (Å²) in [5.41, 5.74) is 0.650. The number of thiazole rings is 1. The molecule has 7 nitrogen and oxygen atoms in total. The normalized spacial score (nSPS) is 10.6. The van der Waals surface area contributed by atoms with Crippen LogP contribution >= 0.6 is 11.3 Å². The number of H-pyrrole nitrogens is 1. The second-order valence-electron chi connectivity index (χ2n) is 4.49. The van der Waals surface area contributed by atoms with Crippen molar-refractivity contribution < 1.29 is 9.21 Å². The maximum absolute atomic E-state index is 11.9. The second kappa shape index (κ2) is 5.94. The molecule has 1 amide bonds. The first kappa shape index (κ1) is 14.2. The zero-order valence-corrected chi connectivity index (χ0v) is 12.4. The number of carbonyl (C=O) groups is 1. The Morgan fingerprint density at radius 2 is 2.27 bits per heavy atom. The summed E-state index contributed by atoms with van der Waals surface area (Å²) in [6.45, 7) is 2.21. The largest absolute Gasteiger partial charge is 0.462 e. The predicted molar refractivity (Wildman–Crippen MR) is 80.6 cm³/mol. The Bertz CT molecular complexity index is 831. The van der Waals surface area contributed by atoms with E-state index in [9.17, 15) is 9.59 Å². The second-order valence-corrected chi connectivity index (χ2v) is 5.58. The molecule has 0 atom stereocenters. The van der Waals surface area contributed by atoms with Crippen LogP contribution in [0.25, 0.3) is 10.8 Å². The monoisotopic (exact) mass is 316 g/mol. The highest BCUT2D eigenvalue weighted by Crippen LogP contribution is 2.28. The Morgan fingerprint density at radius 3 is 2.95 bits per heavy atom. The molecule has 0 spiro atoms. The Kier molecular flexibility index (Phi) is 3.84. The Balaban J connectivity index is 1.70. The summed E-state index contributed by atoms with van der Waals surface area (Å²) in [5.74, 6) is 0.344. The molecule has 0 radical (unpaired) electrons. The standard InChI is InChI=1S/C14H12N4O3S/c1-8-11(22-14(16-8)10-3-2-6-21-10)7-15-13(20)9-4-5-12(19)18-17-9/h2-6H,7H2,1H3,(H,15,20)(H,18,19). The zero-order valence-electron chi connectivity index (χ0n) is 11.6. The van der Waals surface area contributed by atoms with Crippen molar-refractivity contribution in [3.8, 4) is 10.8 Å². The van der Waals surface area contributed by atoms with E-state index in [1.807, 2.05) is 13.0 Å². The van der Waals surface area contributed by atoms with Gasteiger partial charge < -0.3 is 9.73 Å². The van der Waals surface area contributed by atoms with Crippen LogP contribution in [0.1, 0.15) is 21.1 Å². The lowest BCUT2D eigenvalue weighted by atomic mass is 10.3. The minimum atomic E-state index is -0.358. The van der Waals surface area contributed by atoms with E-state index < -0.39 is 0 Å². The van der Waals surface area contributed by atoms with Crippen molar-refractivity contribution in [1.82, 2.24) is 20.5 Å². The van der Waals surface area contributed by atoms with Gasteiger partial charge in [-0.15, -0.1) is 11.3 Å². The molecule has 0 aliphatic carbocycles. The molecule has 0 saturated carbocycles. The van der Waals surface area contributed by atoms with Crippen LogP contribution in [0.4, 0.5) is 0 Å². The van der Waals surface area contributed by atoms with Crippen molar-refractivity contribution in [3.63, 3.8) is 0 Å². The SMILES string of the molecule is Cc1nc(-c2ccco2)sc1CNC(=O)c1ccc(=O)[nH]n1. The molecule has 8 heteroatoms. The number of furan rings is 1. The lowest BCUT2D eigenvalue weighted by Gasteiger charge is -2.02. The Morgan fingerprint density at radius 1 is 1.41 bits per heavy atom. The molecule has 3 aromatic heterocycles. The molecule has 0 aliphatic heterocycles. The van der Waals surface area contributed by atoms with Crippen molar-refractivity contribution >= 4 is 17.2 Å². The lowest BCUT2D eigenvalue weighted by molar-refractivity contribution is 0.0945. The van der Waals surface area contributed by atoms with E-state index in [-0.39, 0.29) is 17.2 Å². The number of rotatable bonds is 4. The van der Waals surface area contributed by atoms with Gasteiger partial charge >= 0.3 is 0 Å². The van der Waals surface area contributed by atoms with E-state index in [1.165, 1.54) is 23.5 Å². The van der Waals surface area contributed by atoms with E-state index >= 15 is 0 Å². The van der Waals surface area contributed by atoms with Crippen LogP contribution in [0.3, 0.4) is 0 Å². The highest BCUT2D eigenvalue weighted by molar-refractivity contribution is 7.15. The van der Waals surface area contributed by atoms with Gasteiger partial charge in [0.05, 0.1) is 18.5 Å². The van der Waals surface area contributed by atoms with Crippen LogP contribution in [-0.4, -0.2) is 21.1 Å². The molecule has 2 N–H and O–H groups in total. The van der Waals surface area contributed by atoms with Gasteiger partial charge in [-0.1, -0.05) is 0 Å². The van der Waals surface area contributed by atoms with Gasteiger partial charge in [-0.25, -0.2) is 10.1 Å². The molecule has 112 valence electrons. The molecule has 0 saturated heterocycles. The molecule has 3 heterocycles. The third-order valence-electron chi connectivity index (χ3n) is 2.95. The number of hydrogen-bond acceptors (Lipinski definition) is 6. The molecule has 0 aliphatic rings. The maximum Gasteiger partial charge on any atom is 0.272 e. The van der Waals surface area contributed by atoms with Crippen molar-refractivity contribution in [3.05, 3.63) is 57.1 Å². The van der Waals surface area contributed by atoms with Gasteiger partial charge in [-0.05, 0) is 25.1 Å². The van der Waals surface area contributed by atoms with Crippen LogP contribution in [-0.2, 0) is 6.54 Å². The van der Waals surface area contributed by atoms with Crippen LogP contribution < -0.4 is 10.9 Å². The molecule has 0 aromatic carbocycles. The van der Waals surface area contributed by atoms with Gasteiger partial charge in [0.25, 0.3) is 11.5 Å². The third kappa shape index (κ3) is 2.96. The van der Waals surface area contributed by atoms with Crippen molar-refractivity contribution in [2.45, 2.75) is 13.5 Å². The summed E-state index contributed by atoms with van der Waals surface area (Å²) in [4.78, 5) is 28.2. The van der Waals surface area contributed by atoms with Gasteiger partial charge in [0.1, 0.15) is 5.69 Å². The average Bonchev–Trinajstić information content (AvgIpc) is 3.15. The van der Waals surface area contributed by atoms with Gasteiger partial charge in [0.15, 0.2) is 10.8 Å². The summed E-state index contributed by atoms with van der Waals surface area (Å²) in [7, 11) is 0. The van der Waals surface area contributed by atoms with E-state index in [1.54, 1.807) is 12.3 Å². The van der Waals surface area contributed by atoms with Gasteiger partial charge in [0.2, 0.25) is 0 Å². The topological polar surface area (TPSA) is 101 Å². The van der Waals surface area contributed by atoms with E-state index in [0.29, 0.717) is 12.3 Å². The Hall–Kier alpha value is -2.74. The highest BCUT2D eigenvalue weighted by atomic mass is 32.1. The Labute approximate surface area is 129 Å². The molecule has 0 bridgehead atoms. The number of carbonyl (C=O) groups excluding carboxylic acids is 1. The fraction of sp³-hybridized carbons (Fsp3) is 0.143. The summed E-state index contributed by atoms with van der Waals surface area (Å²) >= 11 is 1.46. The van der Waals surface area contributed by atoms with Crippen LogP contribution in [0.15, 0.2) is 39.7 Å². The average molecular weight is 316 g/mol. The van der Waals surface area contributed by atoms with Crippen LogP contribution in [0, 0.1) is 6.92 Å². The van der Waals surface area contributed by atoms with Crippen molar-refractivity contribution in [2.24, 2.45) is 0 Å². The van der Waals surface area contributed by atoms with Crippen LogP contribution in [0.2, 0.25) is 0 Å². The summed E-state index contributed by atoms with van der Waals surface area (Å²) in [6.07, 6.45) is 1.59. The van der Waals surface area contributed by atoms with Gasteiger partial charge in [0, 0.05) is 10.9 Å². The molecule has 0 unspecified atom stereocenters. The van der Waals surface area contributed by atoms with Crippen molar-refractivity contribution in [1.29, 1.82) is 0 Å². The maximum atomic E-state index is 11.9. The molecular weight excluding hydrogens is 304 g/mol. The zero-order chi connectivity index (χ0) is 15.5. The highest BCUT2D eigenvalue weighted by Gasteiger charge is 2.13. The molecule has 0 fully saturated rings. The van der Waals surface area contributed by atoms with Crippen molar-refractivity contribution in [2.75, 3.05) is 0 Å². The lowest BCUT2D eigenvalue weighted by Crippen LogP contribution is -2.25. The van der Waals surface area contributed by atoms with E-state index in [2.05, 4.69) is 20.5 Å². The quantitative estimate of drug-likeness (QED) is 0.763. The fourth-order valence-electron chi connectivity index (χ4n) is 1.82. The van der Waals surface area contributed by atoms with E-state index in [4.69, 9.17) is 4.42 Å².